The first-order valence-electron chi connectivity index (χ1n) is 8.95. The number of rotatable bonds is 7. The van der Waals surface area contributed by atoms with E-state index in [1.165, 1.54) is 11.1 Å². The molecular formula is C22H24O3. The van der Waals surface area contributed by atoms with Gasteiger partial charge in [-0.3, -0.25) is 9.59 Å². The van der Waals surface area contributed by atoms with Crippen molar-refractivity contribution in [1.29, 1.82) is 0 Å². The van der Waals surface area contributed by atoms with Crippen LogP contribution in [0.25, 0.3) is 0 Å². The minimum Gasteiger partial charge on any atom is -0.467 e. The van der Waals surface area contributed by atoms with Crippen molar-refractivity contribution in [2.75, 3.05) is 6.61 Å². The molecule has 1 saturated carbocycles. The molecule has 1 aliphatic carbocycles. The summed E-state index contributed by atoms with van der Waals surface area (Å²) in [5.41, 5.74) is 2.64. The normalized spacial score (nSPS) is 17.0. The van der Waals surface area contributed by atoms with Crippen molar-refractivity contribution >= 4 is 12.3 Å². The maximum Gasteiger partial charge on any atom is 0.293 e. The number of Topliss-reactive ketones (excluding diaryl/α,β-unsaturated/α-hetero) is 1. The summed E-state index contributed by atoms with van der Waals surface area (Å²) in [6.07, 6.45) is 4.01. The maximum atomic E-state index is 12.4. The number of hydrogen-bond donors (Lipinski definition) is 0. The standard InChI is InChI=1S/C22H24O3/c23-17-25-16-13-21(24)18-11-14-22(15-12-18,19-7-3-1-4-8-19)20-9-5-2-6-10-20/h1-10,17-18H,11-16H2. The predicted octanol–water partition coefficient (Wildman–Crippen LogP) is 4.30. The first kappa shape index (κ1) is 17.4. The maximum absolute atomic E-state index is 12.4. The minimum absolute atomic E-state index is 0.0153. The number of carbonyl (C=O) groups is 2. The molecule has 1 fully saturated rings. The third-order valence-corrected chi connectivity index (χ3v) is 5.48. The van der Waals surface area contributed by atoms with Crippen molar-refractivity contribution in [1.82, 2.24) is 0 Å². The lowest BCUT2D eigenvalue weighted by Crippen LogP contribution is -2.35. The number of hydrogen-bond acceptors (Lipinski definition) is 3. The highest BCUT2D eigenvalue weighted by atomic mass is 16.5. The number of ether oxygens (including phenoxy) is 1. The van der Waals surface area contributed by atoms with E-state index in [0.29, 0.717) is 12.9 Å². The van der Waals surface area contributed by atoms with Gasteiger partial charge in [0.2, 0.25) is 0 Å². The van der Waals surface area contributed by atoms with Gasteiger partial charge in [-0.25, -0.2) is 0 Å². The molecule has 0 unspecified atom stereocenters. The van der Waals surface area contributed by atoms with Crippen molar-refractivity contribution < 1.29 is 14.3 Å². The topological polar surface area (TPSA) is 43.4 Å². The quantitative estimate of drug-likeness (QED) is 0.559. The van der Waals surface area contributed by atoms with Crippen LogP contribution in [0.3, 0.4) is 0 Å². The van der Waals surface area contributed by atoms with Crippen molar-refractivity contribution in [2.24, 2.45) is 5.92 Å². The highest BCUT2D eigenvalue weighted by Gasteiger charge is 2.39. The van der Waals surface area contributed by atoms with Crippen LogP contribution in [0.2, 0.25) is 0 Å². The Morgan fingerprint density at radius 2 is 1.48 bits per heavy atom. The van der Waals surface area contributed by atoms with Gasteiger partial charge in [0, 0.05) is 17.8 Å². The van der Waals surface area contributed by atoms with Gasteiger partial charge in [-0.1, -0.05) is 60.7 Å². The smallest absolute Gasteiger partial charge is 0.293 e. The zero-order chi connectivity index (χ0) is 17.5. The largest absolute Gasteiger partial charge is 0.467 e. The minimum atomic E-state index is -0.0153. The summed E-state index contributed by atoms with van der Waals surface area (Å²) in [7, 11) is 0. The Hall–Kier alpha value is -2.42. The zero-order valence-electron chi connectivity index (χ0n) is 14.4. The Bertz CT molecular complexity index is 644. The van der Waals surface area contributed by atoms with Gasteiger partial charge >= 0.3 is 0 Å². The SMILES string of the molecule is O=COCCC(=O)C1CCC(c2ccccc2)(c2ccccc2)CC1. The summed E-state index contributed by atoms with van der Waals surface area (Å²) in [4.78, 5) is 22.6. The van der Waals surface area contributed by atoms with E-state index >= 15 is 0 Å². The van der Waals surface area contributed by atoms with Crippen LogP contribution in [0.15, 0.2) is 60.7 Å². The molecule has 0 bridgehead atoms. The monoisotopic (exact) mass is 336 g/mol. The van der Waals surface area contributed by atoms with Crippen molar-refractivity contribution in [3.63, 3.8) is 0 Å². The molecule has 0 radical (unpaired) electrons. The van der Waals surface area contributed by atoms with Crippen molar-refractivity contribution in [3.05, 3.63) is 71.8 Å². The van der Waals surface area contributed by atoms with Gasteiger partial charge in [-0.05, 0) is 36.8 Å². The Kier molecular flexibility index (Phi) is 5.64. The molecule has 3 rings (SSSR count). The Labute approximate surface area is 149 Å². The van der Waals surface area contributed by atoms with Gasteiger partial charge in [0.05, 0.1) is 6.61 Å². The first-order chi connectivity index (χ1) is 12.3. The summed E-state index contributed by atoms with van der Waals surface area (Å²) in [5.74, 6) is 0.298. The predicted molar refractivity (Wildman–Crippen MR) is 97.3 cm³/mol. The van der Waals surface area contributed by atoms with E-state index in [9.17, 15) is 9.59 Å². The molecule has 0 aromatic heterocycles. The average Bonchev–Trinajstić information content (AvgIpc) is 2.69. The van der Waals surface area contributed by atoms with E-state index in [4.69, 9.17) is 0 Å². The molecule has 2 aromatic rings. The van der Waals surface area contributed by atoms with Crippen LogP contribution in [0.5, 0.6) is 0 Å². The second-order valence-corrected chi connectivity index (χ2v) is 6.77. The average molecular weight is 336 g/mol. The molecule has 0 saturated heterocycles. The van der Waals surface area contributed by atoms with Crippen LogP contribution in [0, 0.1) is 5.92 Å². The molecule has 0 heterocycles. The Morgan fingerprint density at radius 3 is 1.96 bits per heavy atom. The second-order valence-electron chi connectivity index (χ2n) is 6.77. The molecule has 0 amide bonds. The molecule has 3 nitrogen and oxygen atoms in total. The molecule has 25 heavy (non-hydrogen) atoms. The highest BCUT2D eigenvalue weighted by Crippen LogP contribution is 2.46. The molecule has 0 N–H and O–H groups in total. The van der Waals surface area contributed by atoms with Crippen LogP contribution in [0.4, 0.5) is 0 Å². The fraction of sp³-hybridized carbons (Fsp3) is 0.364. The zero-order valence-corrected chi connectivity index (χ0v) is 14.4. The summed E-state index contributed by atoms with van der Waals surface area (Å²) in [6, 6.07) is 21.3. The van der Waals surface area contributed by atoms with Crippen LogP contribution in [0.1, 0.15) is 43.2 Å². The van der Waals surface area contributed by atoms with Crippen LogP contribution in [-0.2, 0) is 19.7 Å². The lowest BCUT2D eigenvalue weighted by molar-refractivity contribution is -0.131. The van der Waals surface area contributed by atoms with Gasteiger partial charge < -0.3 is 4.74 Å². The highest BCUT2D eigenvalue weighted by molar-refractivity contribution is 5.81. The second kappa shape index (κ2) is 8.11. The fourth-order valence-corrected chi connectivity index (χ4v) is 4.10. The third-order valence-electron chi connectivity index (χ3n) is 5.48. The van der Waals surface area contributed by atoms with E-state index in [1.807, 2.05) is 12.1 Å². The van der Waals surface area contributed by atoms with E-state index in [-0.39, 0.29) is 23.7 Å². The van der Waals surface area contributed by atoms with E-state index in [1.54, 1.807) is 0 Å². The van der Waals surface area contributed by atoms with Gasteiger partial charge in [0.1, 0.15) is 5.78 Å². The van der Waals surface area contributed by atoms with Crippen LogP contribution >= 0.6 is 0 Å². The van der Waals surface area contributed by atoms with Crippen molar-refractivity contribution in [3.8, 4) is 0 Å². The molecule has 0 spiro atoms. The molecule has 130 valence electrons. The number of carbonyl (C=O) groups excluding carboxylic acids is 2. The van der Waals surface area contributed by atoms with Gasteiger partial charge in [0.25, 0.3) is 6.47 Å². The number of benzene rings is 2. The van der Waals surface area contributed by atoms with E-state index in [2.05, 4.69) is 53.3 Å². The first-order valence-corrected chi connectivity index (χ1v) is 8.95. The molecule has 1 aliphatic rings. The van der Waals surface area contributed by atoms with Crippen LogP contribution in [-0.4, -0.2) is 18.9 Å². The van der Waals surface area contributed by atoms with Gasteiger partial charge in [-0.2, -0.15) is 0 Å². The van der Waals surface area contributed by atoms with Gasteiger partial charge in [-0.15, -0.1) is 0 Å². The molecule has 0 aliphatic heterocycles. The third kappa shape index (κ3) is 3.81. The lowest BCUT2D eigenvalue weighted by atomic mass is 9.62. The van der Waals surface area contributed by atoms with Crippen molar-refractivity contribution in [2.45, 2.75) is 37.5 Å². The van der Waals surface area contributed by atoms with Gasteiger partial charge in [0.15, 0.2) is 0 Å². The fourth-order valence-electron chi connectivity index (χ4n) is 4.10. The Morgan fingerprint density at radius 1 is 0.960 bits per heavy atom. The van der Waals surface area contributed by atoms with E-state index in [0.717, 1.165) is 25.7 Å². The Balaban J connectivity index is 1.78. The van der Waals surface area contributed by atoms with Crippen LogP contribution < -0.4 is 0 Å². The summed E-state index contributed by atoms with van der Waals surface area (Å²) in [6.45, 7) is 0.603. The molecular weight excluding hydrogens is 312 g/mol. The number of ketones is 1. The summed E-state index contributed by atoms with van der Waals surface area (Å²) >= 11 is 0. The lowest BCUT2D eigenvalue weighted by Gasteiger charge is -2.41. The molecule has 0 atom stereocenters. The summed E-state index contributed by atoms with van der Waals surface area (Å²) < 4.78 is 4.67. The molecule has 3 heteroatoms. The molecule has 2 aromatic carbocycles. The van der Waals surface area contributed by atoms with E-state index < -0.39 is 0 Å². The summed E-state index contributed by atoms with van der Waals surface area (Å²) in [5, 5.41) is 0.